The van der Waals surface area contributed by atoms with Gasteiger partial charge in [0.2, 0.25) is 5.96 Å². The van der Waals surface area contributed by atoms with Crippen molar-refractivity contribution >= 4 is 23.7 Å². The van der Waals surface area contributed by atoms with Gasteiger partial charge in [0.1, 0.15) is 18.3 Å². The maximum atomic E-state index is 12.0. The fourth-order valence-corrected chi connectivity index (χ4v) is 2.47. The molecule has 0 aromatic rings. The van der Waals surface area contributed by atoms with Crippen LogP contribution in [0.1, 0.15) is 0 Å². The van der Waals surface area contributed by atoms with Gasteiger partial charge in [-0.2, -0.15) is 4.99 Å². The molecule has 0 radical (unpaired) electrons. The van der Waals surface area contributed by atoms with Gasteiger partial charge in [0.25, 0.3) is 5.91 Å². The van der Waals surface area contributed by atoms with E-state index < -0.39 is 55.1 Å². The number of guanidine groups is 1. The third kappa shape index (κ3) is 1.98. The van der Waals surface area contributed by atoms with Gasteiger partial charge in [-0.1, -0.05) is 0 Å². The van der Waals surface area contributed by atoms with E-state index in [9.17, 15) is 19.8 Å². The van der Waals surface area contributed by atoms with Gasteiger partial charge >= 0.3 is 6.03 Å². The summed E-state index contributed by atoms with van der Waals surface area (Å²) in [5, 5.41) is 40.6. The Morgan fingerprint density at radius 3 is 2.67 bits per heavy atom. The van der Waals surface area contributed by atoms with E-state index in [0.29, 0.717) is 0 Å². The Hall–Kier alpha value is -2.08. The number of aliphatic hydroxyl groups is 3. The van der Waals surface area contributed by atoms with Crippen LogP contribution in [-0.4, -0.2) is 81.1 Å². The summed E-state index contributed by atoms with van der Waals surface area (Å²) in [6, 6.07) is -1.84. The second-order valence-electron chi connectivity index (χ2n) is 4.79. The molecule has 0 spiro atoms. The first-order valence-electron chi connectivity index (χ1n) is 6.14. The number of aliphatic imine (C=N–C) groups is 1. The van der Waals surface area contributed by atoms with E-state index in [0.717, 1.165) is 4.90 Å². The van der Waals surface area contributed by atoms with E-state index in [4.69, 9.17) is 15.3 Å². The standard InChI is InChI=1S/C10H13N5O6/c11-9-13-6-3(7(19)14-9)12-10(20)15(6)8-5(18)4(17)2(1-16)21-8/h2-5,8,16-18H,1H2,(H,12,20)(H2,11,14,19)/t2-,3?,4-,5-,8-/m1/s1. The van der Waals surface area contributed by atoms with Gasteiger partial charge in [-0.15, -0.1) is 0 Å². The lowest BCUT2D eigenvalue weighted by Gasteiger charge is -2.27. The highest BCUT2D eigenvalue weighted by molar-refractivity contribution is 6.25. The third-order valence-corrected chi connectivity index (χ3v) is 3.49. The van der Waals surface area contributed by atoms with Gasteiger partial charge in [-0.25, -0.2) is 9.69 Å². The Bertz CT molecular complexity index is 550. The first kappa shape index (κ1) is 13.9. The Morgan fingerprint density at radius 1 is 1.33 bits per heavy atom. The lowest BCUT2D eigenvalue weighted by Crippen LogP contribution is -2.53. The number of rotatable bonds is 2. The fraction of sp³-hybridized carbons (Fsp3) is 0.600. The number of fused-ring (bicyclic) bond motifs is 1. The molecule has 3 amide bonds. The van der Waals surface area contributed by atoms with Gasteiger partial charge in [-0.05, 0) is 0 Å². The zero-order chi connectivity index (χ0) is 15.3. The summed E-state index contributed by atoms with van der Waals surface area (Å²) in [6.07, 6.45) is -5.23. The average Bonchev–Trinajstić information content (AvgIpc) is 2.89. The van der Waals surface area contributed by atoms with Crippen LogP contribution in [0, 0.1) is 5.41 Å². The van der Waals surface area contributed by atoms with Crippen LogP contribution in [0.5, 0.6) is 0 Å². The Balaban J connectivity index is 1.93. The predicted molar refractivity (Wildman–Crippen MR) is 65.2 cm³/mol. The van der Waals surface area contributed by atoms with E-state index in [2.05, 4.69) is 15.6 Å². The van der Waals surface area contributed by atoms with Gasteiger partial charge in [-0.3, -0.25) is 15.5 Å². The molecular formula is C10H13N5O6. The molecule has 0 aromatic carbocycles. The van der Waals surface area contributed by atoms with Crippen LogP contribution in [-0.2, 0) is 9.53 Å². The van der Waals surface area contributed by atoms with Gasteiger partial charge in [0.05, 0.1) is 6.61 Å². The summed E-state index contributed by atoms with van der Waals surface area (Å²) in [6.45, 7) is -0.545. The number of amides is 3. The third-order valence-electron chi connectivity index (χ3n) is 3.49. The molecule has 2 saturated heterocycles. The molecule has 0 aliphatic carbocycles. The Morgan fingerprint density at radius 2 is 2.05 bits per heavy atom. The van der Waals surface area contributed by atoms with Crippen LogP contribution >= 0.6 is 0 Å². The Labute approximate surface area is 117 Å². The zero-order valence-corrected chi connectivity index (χ0v) is 10.6. The number of hydrogen-bond acceptors (Lipinski definition) is 7. The highest BCUT2D eigenvalue weighted by atomic mass is 16.6. The minimum atomic E-state index is -1.48. The smallest absolute Gasteiger partial charge is 0.326 e. The van der Waals surface area contributed by atoms with E-state index in [1.807, 2.05) is 0 Å². The van der Waals surface area contributed by atoms with Crippen LogP contribution in [0.3, 0.4) is 0 Å². The van der Waals surface area contributed by atoms with Crippen LogP contribution in [0.2, 0.25) is 0 Å². The van der Waals surface area contributed by atoms with Crippen molar-refractivity contribution in [1.29, 1.82) is 5.41 Å². The van der Waals surface area contributed by atoms with Gasteiger partial charge in [0, 0.05) is 0 Å². The number of ether oxygens (including phenoxy) is 1. The summed E-state index contributed by atoms with van der Waals surface area (Å²) in [5.74, 6) is -1.17. The van der Waals surface area contributed by atoms with Crippen LogP contribution in [0.4, 0.5) is 4.79 Å². The molecule has 6 N–H and O–H groups in total. The van der Waals surface area contributed by atoms with Crippen molar-refractivity contribution in [3.05, 3.63) is 0 Å². The molecule has 3 aliphatic rings. The van der Waals surface area contributed by atoms with E-state index in [1.165, 1.54) is 0 Å². The minimum Gasteiger partial charge on any atom is -0.394 e. The summed E-state index contributed by atoms with van der Waals surface area (Å²) >= 11 is 0. The first-order valence-corrected chi connectivity index (χ1v) is 6.14. The van der Waals surface area contributed by atoms with Gasteiger partial charge in [0.15, 0.2) is 18.1 Å². The number of carbonyl (C=O) groups is 2. The second kappa shape index (κ2) is 4.73. The number of carbonyl (C=O) groups excluding carboxylic acids is 2. The van der Waals surface area contributed by atoms with Crippen molar-refractivity contribution < 1.29 is 29.6 Å². The second-order valence-corrected chi connectivity index (χ2v) is 4.79. The van der Waals surface area contributed by atoms with Crippen molar-refractivity contribution in [2.75, 3.05) is 6.61 Å². The van der Waals surface area contributed by atoms with Crippen molar-refractivity contribution in [1.82, 2.24) is 15.5 Å². The molecule has 3 rings (SSSR count). The summed E-state index contributed by atoms with van der Waals surface area (Å²) in [4.78, 5) is 28.3. The molecule has 2 fully saturated rings. The molecule has 1 unspecified atom stereocenters. The molecular weight excluding hydrogens is 286 g/mol. The highest BCUT2D eigenvalue weighted by Crippen LogP contribution is 2.27. The average molecular weight is 299 g/mol. The summed E-state index contributed by atoms with van der Waals surface area (Å²) < 4.78 is 5.24. The maximum Gasteiger partial charge on any atom is 0.326 e. The van der Waals surface area contributed by atoms with Crippen LogP contribution < -0.4 is 10.6 Å². The number of aliphatic hydroxyl groups excluding tert-OH is 3. The Kier molecular flexibility index (Phi) is 3.13. The highest BCUT2D eigenvalue weighted by Gasteiger charge is 2.53. The molecule has 5 atom stereocenters. The number of urea groups is 1. The van der Waals surface area contributed by atoms with Crippen molar-refractivity contribution in [3.8, 4) is 0 Å². The van der Waals surface area contributed by atoms with Gasteiger partial charge < -0.3 is 25.4 Å². The molecule has 11 nitrogen and oxygen atoms in total. The number of nitrogens with zero attached hydrogens (tertiary/aromatic N) is 2. The molecule has 3 heterocycles. The monoisotopic (exact) mass is 299 g/mol. The number of nitrogens with one attached hydrogen (secondary N) is 3. The topological polar surface area (TPSA) is 168 Å². The largest absolute Gasteiger partial charge is 0.394 e. The molecule has 11 heteroatoms. The molecule has 0 bridgehead atoms. The van der Waals surface area contributed by atoms with Crippen molar-refractivity contribution in [2.45, 2.75) is 30.6 Å². The quantitative estimate of drug-likeness (QED) is 0.306. The number of hydrogen-bond donors (Lipinski definition) is 6. The molecule has 114 valence electrons. The SMILES string of the molecule is N=C1N=C2C(NC(=O)N2[C@@H]2O[C@H](CO)[C@@H](O)[C@H]2O)C(=O)N1. The molecule has 21 heavy (non-hydrogen) atoms. The van der Waals surface area contributed by atoms with E-state index in [-0.39, 0.29) is 5.84 Å². The normalized spacial score (nSPS) is 39.0. The van der Waals surface area contributed by atoms with Crippen molar-refractivity contribution in [2.24, 2.45) is 4.99 Å². The molecule has 0 aromatic heterocycles. The van der Waals surface area contributed by atoms with Crippen molar-refractivity contribution in [3.63, 3.8) is 0 Å². The molecule has 3 aliphatic heterocycles. The summed E-state index contributed by atoms with van der Waals surface area (Å²) in [5.41, 5.74) is 0. The predicted octanol–water partition coefficient (Wildman–Crippen LogP) is -3.72. The lowest BCUT2D eigenvalue weighted by molar-refractivity contribution is -0.120. The lowest BCUT2D eigenvalue weighted by atomic mass is 10.1. The van der Waals surface area contributed by atoms with E-state index in [1.54, 1.807) is 0 Å². The first-order chi connectivity index (χ1) is 9.93. The minimum absolute atomic E-state index is 0.0939. The summed E-state index contributed by atoms with van der Waals surface area (Å²) in [7, 11) is 0. The van der Waals surface area contributed by atoms with Crippen LogP contribution in [0.25, 0.3) is 0 Å². The zero-order valence-electron chi connectivity index (χ0n) is 10.6. The van der Waals surface area contributed by atoms with E-state index >= 15 is 0 Å². The molecule has 0 saturated carbocycles. The fourth-order valence-electron chi connectivity index (χ4n) is 2.47. The van der Waals surface area contributed by atoms with Crippen LogP contribution in [0.15, 0.2) is 4.99 Å². The maximum absolute atomic E-state index is 12.0. The number of amidine groups is 1.